The molecular formula is C12H18O. The van der Waals surface area contributed by atoms with Gasteiger partial charge in [-0.1, -0.05) is 32.0 Å². The summed E-state index contributed by atoms with van der Waals surface area (Å²) in [6.45, 7) is 5.44. The Bertz CT molecular complexity index is 296. The first-order valence-corrected chi connectivity index (χ1v) is 5.01. The summed E-state index contributed by atoms with van der Waals surface area (Å²) < 4.78 is 5.60. The van der Waals surface area contributed by atoms with Crippen LogP contribution in [0.1, 0.15) is 33.2 Å². The van der Waals surface area contributed by atoms with Crippen molar-refractivity contribution in [2.24, 2.45) is 5.92 Å². The summed E-state index contributed by atoms with van der Waals surface area (Å²) in [5.41, 5.74) is 1.39. The molecule has 0 bridgehead atoms. The van der Waals surface area contributed by atoms with Gasteiger partial charge in [-0.2, -0.15) is 0 Å². The van der Waals surface area contributed by atoms with Crippen LogP contribution in [0.2, 0.25) is 0 Å². The minimum atomic E-state index is 0. The van der Waals surface area contributed by atoms with E-state index in [9.17, 15) is 0 Å². The van der Waals surface area contributed by atoms with E-state index in [4.69, 9.17) is 4.74 Å². The van der Waals surface area contributed by atoms with Crippen LogP contribution in [0.15, 0.2) is 24.3 Å². The SMILES string of the molecule is CC(C)C1CCOc2ccccc21.[HH]. The van der Waals surface area contributed by atoms with Crippen LogP contribution in [-0.2, 0) is 0 Å². The molecule has 1 nitrogen and oxygen atoms in total. The molecule has 1 aromatic rings. The highest BCUT2D eigenvalue weighted by molar-refractivity contribution is 5.37. The van der Waals surface area contributed by atoms with Crippen molar-refractivity contribution < 1.29 is 6.16 Å². The predicted molar refractivity (Wildman–Crippen MR) is 56.2 cm³/mol. The Balaban J connectivity index is 0.000000980. The topological polar surface area (TPSA) is 9.23 Å². The number of hydrogen-bond acceptors (Lipinski definition) is 1. The standard InChI is InChI=1S/C12H16O.H2/c1-9(2)10-7-8-13-12-6-4-3-5-11(10)12;/h3-6,9-10H,7-8H2,1-2H3;1H. The largest absolute Gasteiger partial charge is 0.493 e. The molecule has 0 radical (unpaired) electrons. The Morgan fingerprint density at radius 2 is 2.15 bits per heavy atom. The lowest BCUT2D eigenvalue weighted by molar-refractivity contribution is 0.247. The Morgan fingerprint density at radius 1 is 1.38 bits per heavy atom. The fraction of sp³-hybridized carbons (Fsp3) is 0.500. The van der Waals surface area contributed by atoms with E-state index in [1.54, 1.807) is 0 Å². The van der Waals surface area contributed by atoms with Crippen LogP contribution >= 0.6 is 0 Å². The molecule has 2 rings (SSSR count). The van der Waals surface area contributed by atoms with Gasteiger partial charge in [0, 0.05) is 1.43 Å². The van der Waals surface area contributed by atoms with E-state index >= 15 is 0 Å². The molecule has 0 saturated carbocycles. The third kappa shape index (κ3) is 1.55. The van der Waals surface area contributed by atoms with E-state index in [1.807, 2.05) is 6.07 Å². The zero-order valence-corrected chi connectivity index (χ0v) is 8.29. The lowest BCUT2D eigenvalue weighted by Gasteiger charge is -2.28. The molecule has 0 aromatic heterocycles. The first-order valence-electron chi connectivity index (χ1n) is 5.01. The van der Waals surface area contributed by atoms with Crippen molar-refractivity contribution in [2.45, 2.75) is 26.2 Å². The molecule has 1 aliphatic rings. The van der Waals surface area contributed by atoms with Gasteiger partial charge >= 0.3 is 0 Å². The van der Waals surface area contributed by atoms with Gasteiger partial charge in [-0.3, -0.25) is 0 Å². The average Bonchev–Trinajstić information content (AvgIpc) is 2.17. The van der Waals surface area contributed by atoms with E-state index in [0.29, 0.717) is 11.8 Å². The smallest absolute Gasteiger partial charge is 0.122 e. The van der Waals surface area contributed by atoms with Gasteiger partial charge in [-0.25, -0.2) is 0 Å². The van der Waals surface area contributed by atoms with Crippen molar-refractivity contribution in [2.75, 3.05) is 6.61 Å². The molecule has 0 N–H and O–H groups in total. The number of para-hydroxylation sites is 1. The molecule has 1 atom stereocenters. The molecular weight excluding hydrogens is 160 g/mol. The Labute approximate surface area is 81.2 Å². The lowest BCUT2D eigenvalue weighted by atomic mass is 9.84. The van der Waals surface area contributed by atoms with Crippen molar-refractivity contribution >= 4 is 0 Å². The molecule has 0 amide bonds. The predicted octanol–water partition coefficient (Wildman–Crippen LogP) is 3.45. The molecule has 0 aliphatic carbocycles. The highest BCUT2D eigenvalue weighted by atomic mass is 16.5. The molecule has 1 aliphatic heterocycles. The van der Waals surface area contributed by atoms with Crippen molar-refractivity contribution in [1.29, 1.82) is 0 Å². The number of benzene rings is 1. The third-order valence-electron chi connectivity index (χ3n) is 2.81. The van der Waals surface area contributed by atoms with E-state index in [1.165, 1.54) is 5.56 Å². The van der Waals surface area contributed by atoms with Crippen LogP contribution in [0.25, 0.3) is 0 Å². The van der Waals surface area contributed by atoms with Crippen LogP contribution in [0, 0.1) is 5.92 Å². The van der Waals surface area contributed by atoms with Gasteiger partial charge in [0.15, 0.2) is 0 Å². The summed E-state index contributed by atoms with van der Waals surface area (Å²) in [7, 11) is 0. The second-order valence-corrected chi connectivity index (χ2v) is 4.03. The Hall–Kier alpha value is -0.980. The first kappa shape index (κ1) is 8.61. The second kappa shape index (κ2) is 3.41. The molecule has 1 aromatic carbocycles. The molecule has 1 unspecified atom stereocenters. The molecule has 0 saturated heterocycles. The van der Waals surface area contributed by atoms with Gasteiger partial charge in [0.2, 0.25) is 0 Å². The van der Waals surface area contributed by atoms with Gasteiger partial charge in [-0.15, -0.1) is 0 Å². The fourth-order valence-electron chi connectivity index (χ4n) is 2.06. The summed E-state index contributed by atoms with van der Waals surface area (Å²) in [5.74, 6) is 2.49. The summed E-state index contributed by atoms with van der Waals surface area (Å²) in [6.07, 6.45) is 1.16. The minimum absolute atomic E-state index is 0. The Kier molecular flexibility index (Phi) is 2.26. The monoisotopic (exact) mass is 178 g/mol. The molecule has 72 valence electrons. The zero-order valence-electron chi connectivity index (χ0n) is 8.29. The number of hydrogen-bond donors (Lipinski definition) is 0. The van der Waals surface area contributed by atoms with Gasteiger partial charge in [-0.05, 0) is 29.9 Å². The quantitative estimate of drug-likeness (QED) is 0.640. The van der Waals surface area contributed by atoms with Gasteiger partial charge < -0.3 is 4.74 Å². The van der Waals surface area contributed by atoms with Crippen LogP contribution in [0.5, 0.6) is 5.75 Å². The fourth-order valence-corrected chi connectivity index (χ4v) is 2.06. The number of ether oxygens (including phenoxy) is 1. The highest BCUT2D eigenvalue weighted by Crippen LogP contribution is 2.37. The van der Waals surface area contributed by atoms with Gasteiger partial charge in [0.05, 0.1) is 6.61 Å². The van der Waals surface area contributed by atoms with Gasteiger partial charge in [0.25, 0.3) is 0 Å². The average molecular weight is 178 g/mol. The third-order valence-corrected chi connectivity index (χ3v) is 2.81. The molecule has 0 spiro atoms. The second-order valence-electron chi connectivity index (χ2n) is 4.03. The van der Waals surface area contributed by atoms with E-state index < -0.39 is 0 Å². The summed E-state index contributed by atoms with van der Waals surface area (Å²) in [5, 5.41) is 0. The zero-order chi connectivity index (χ0) is 9.26. The van der Waals surface area contributed by atoms with E-state index in [2.05, 4.69) is 32.0 Å². The summed E-state index contributed by atoms with van der Waals surface area (Å²) in [6, 6.07) is 8.41. The molecule has 13 heavy (non-hydrogen) atoms. The van der Waals surface area contributed by atoms with Gasteiger partial charge in [0.1, 0.15) is 5.75 Å². The first-order chi connectivity index (χ1) is 6.29. The minimum Gasteiger partial charge on any atom is -0.493 e. The van der Waals surface area contributed by atoms with Crippen molar-refractivity contribution in [3.05, 3.63) is 29.8 Å². The van der Waals surface area contributed by atoms with Crippen molar-refractivity contribution in [1.82, 2.24) is 0 Å². The molecule has 1 heteroatoms. The Morgan fingerprint density at radius 3 is 2.92 bits per heavy atom. The van der Waals surface area contributed by atoms with E-state index in [0.717, 1.165) is 18.8 Å². The van der Waals surface area contributed by atoms with Crippen LogP contribution in [0.3, 0.4) is 0 Å². The number of rotatable bonds is 1. The highest BCUT2D eigenvalue weighted by Gasteiger charge is 2.23. The maximum absolute atomic E-state index is 5.60. The van der Waals surface area contributed by atoms with Crippen LogP contribution < -0.4 is 4.74 Å². The maximum Gasteiger partial charge on any atom is 0.122 e. The maximum atomic E-state index is 5.60. The van der Waals surface area contributed by atoms with Crippen LogP contribution in [-0.4, -0.2) is 6.61 Å². The molecule has 0 fully saturated rings. The van der Waals surface area contributed by atoms with Crippen molar-refractivity contribution in [3.63, 3.8) is 0 Å². The van der Waals surface area contributed by atoms with E-state index in [-0.39, 0.29) is 1.43 Å². The normalized spacial score (nSPS) is 21.0. The van der Waals surface area contributed by atoms with Crippen molar-refractivity contribution in [3.8, 4) is 5.75 Å². The van der Waals surface area contributed by atoms with Crippen LogP contribution in [0.4, 0.5) is 0 Å². The molecule has 1 heterocycles. The summed E-state index contributed by atoms with van der Waals surface area (Å²) >= 11 is 0. The summed E-state index contributed by atoms with van der Waals surface area (Å²) in [4.78, 5) is 0. The number of fused-ring (bicyclic) bond motifs is 1. The lowest BCUT2D eigenvalue weighted by Crippen LogP contribution is -2.17.